The zero-order chi connectivity index (χ0) is 10.5. The number of morpholine rings is 1. The maximum Gasteiger partial charge on any atom is 0.240 e. The van der Waals surface area contributed by atoms with Crippen LogP contribution < -0.4 is 4.90 Å². The quantitative estimate of drug-likeness (QED) is 0.531. The molecule has 0 bridgehead atoms. The third-order valence-corrected chi connectivity index (χ3v) is 2.24. The molecule has 1 aliphatic rings. The second-order valence-corrected chi connectivity index (χ2v) is 3.18. The zero-order valence-corrected chi connectivity index (χ0v) is 8.22. The van der Waals surface area contributed by atoms with Crippen LogP contribution in [0.3, 0.4) is 0 Å². The molecule has 0 aromatic carbocycles. The summed E-state index contributed by atoms with van der Waals surface area (Å²) < 4.78 is 5.24. The first-order valence-electron chi connectivity index (χ1n) is 4.77. The van der Waals surface area contributed by atoms with E-state index in [-0.39, 0.29) is 0 Å². The second kappa shape index (κ2) is 4.68. The summed E-state index contributed by atoms with van der Waals surface area (Å²) in [6.45, 7) is 3.17. The summed E-state index contributed by atoms with van der Waals surface area (Å²) in [5.41, 5.74) is 0.530. The van der Waals surface area contributed by atoms with Crippen molar-refractivity contribution in [2.24, 2.45) is 4.99 Å². The Balaban J connectivity index is 2.11. The van der Waals surface area contributed by atoms with Crippen molar-refractivity contribution in [3.63, 3.8) is 0 Å². The fraction of sp³-hybridized carbons (Fsp3) is 0.400. The van der Waals surface area contributed by atoms with Crippen LogP contribution in [0.1, 0.15) is 0 Å². The molecule has 0 radical (unpaired) electrons. The number of isocyanates is 1. The molecule has 1 aromatic rings. The van der Waals surface area contributed by atoms with Crippen LogP contribution in [0.4, 0.5) is 11.5 Å². The summed E-state index contributed by atoms with van der Waals surface area (Å²) in [6.07, 6.45) is 3.05. The largest absolute Gasteiger partial charge is 0.378 e. The minimum Gasteiger partial charge on any atom is -0.378 e. The van der Waals surface area contributed by atoms with Gasteiger partial charge in [-0.3, -0.25) is 0 Å². The molecule has 1 saturated heterocycles. The first-order valence-corrected chi connectivity index (χ1v) is 4.77. The molecule has 5 nitrogen and oxygen atoms in total. The summed E-state index contributed by atoms with van der Waals surface area (Å²) >= 11 is 0. The van der Waals surface area contributed by atoms with Crippen molar-refractivity contribution in [1.82, 2.24) is 4.98 Å². The number of rotatable bonds is 2. The molecular weight excluding hydrogens is 194 g/mol. The van der Waals surface area contributed by atoms with Crippen LogP contribution >= 0.6 is 0 Å². The molecule has 0 spiro atoms. The van der Waals surface area contributed by atoms with E-state index in [1.807, 2.05) is 6.07 Å². The van der Waals surface area contributed by atoms with Crippen molar-refractivity contribution in [3.05, 3.63) is 18.3 Å². The first kappa shape index (κ1) is 9.83. The molecule has 1 aromatic heterocycles. The molecule has 2 rings (SSSR count). The highest BCUT2D eigenvalue weighted by atomic mass is 16.5. The Morgan fingerprint density at radius 3 is 2.80 bits per heavy atom. The summed E-state index contributed by atoms with van der Waals surface area (Å²) in [5.74, 6) is 0.892. The molecule has 1 aliphatic heterocycles. The molecular formula is C10H11N3O2. The van der Waals surface area contributed by atoms with Crippen LogP contribution in [0, 0.1) is 0 Å². The fourth-order valence-electron chi connectivity index (χ4n) is 1.48. The summed E-state index contributed by atoms with van der Waals surface area (Å²) in [7, 11) is 0. The lowest BCUT2D eigenvalue weighted by atomic mass is 10.3. The van der Waals surface area contributed by atoms with E-state index in [1.165, 1.54) is 6.08 Å². The van der Waals surface area contributed by atoms with Gasteiger partial charge in [0, 0.05) is 13.1 Å². The van der Waals surface area contributed by atoms with Gasteiger partial charge in [0.15, 0.2) is 0 Å². The molecule has 2 heterocycles. The van der Waals surface area contributed by atoms with Gasteiger partial charge < -0.3 is 9.64 Å². The standard InChI is InChI=1S/C10H11N3O2/c14-8-12-9-1-2-10(11-7-9)13-3-5-15-6-4-13/h1-2,7H,3-6H2. The molecule has 5 heteroatoms. The Morgan fingerprint density at radius 2 is 2.20 bits per heavy atom. The van der Waals surface area contributed by atoms with Gasteiger partial charge >= 0.3 is 0 Å². The number of aromatic nitrogens is 1. The van der Waals surface area contributed by atoms with Crippen LogP contribution in [-0.4, -0.2) is 37.4 Å². The lowest BCUT2D eigenvalue weighted by molar-refractivity contribution is 0.122. The Morgan fingerprint density at radius 1 is 1.40 bits per heavy atom. The van der Waals surface area contributed by atoms with E-state index in [0.717, 1.165) is 32.1 Å². The van der Waals surface area contributed by atoms with Gasteiger partial charge in [-0.2, -0.15) is 4.99 Å². The smallest absolute Gasteiger partial charge is 0.240 e. The molecule has 0 amide bonds. The number of ether oxygens (including phenoxy) is 1. The van der Waals surface area contributed by atoms with E-state index in [9.17, 15) is 4.79 Å². The molecule has 0 atom stereocenters. The molecule has 0 saturated carbocycles. The topological polar surface area (TPSA) is 54.8 Å². The summed E-state index contributed by atoms with van der Waals surface area (Å²) in [5, 5.41) is 0. The van der Waals surface area contributed by atoms with Crippen LogP contribution in [-0.2, 0) is 9.53 Å². The van der Waals surface area contributed by atoms with Crippen LogP contribution in [0.5, 0.6) is 0 Å². The average Bonchev–Trinajstić information content (AvgIpc) is 2.32. The van der Waals surface area contributed by atoms with Gasteiger partial charge in [0.05, 0.1) is 25.1 Å². The van der Waals surface area contributed by atoms with Crippen molar-refractivity contribution in [3.8, 4) is 0 Å². The van der Waals surface area contributed by atoms with E-state index < -0.39 is 0 Å². The highest BCUT2D eigenvalue weighted by Gasteiger charge is 2.11. The third-order valence-electron chi connectivity index (χ3n) is 2.24. The number of carbonyl (C=O) groups excluding carboxylic acids is 1. The number of pyridine rings is 1. The maximum absolute atomic E-state index is 10.0. The summed E-state index contributed by atoms with van der Waals surface area (Å²) in [6, 6.07) is 3.60. The second-order valence-electron chi connectivity index (χ2n) is 3.18. The van der Waals surface area contributed by atoms with Crippen LogP contribution in [0.25, 0.3) is 0 Å². The Bertz CT molecular complexity index is 365. The summed E-state index contributed by atoms with van der Waals surface area (Å²) in [4.78, 5) is 19.9. The van der Waals surface area contributed by atoms with Crippen LogP contribution in [0.15, 0.2) is 23.3 Å². The number of hydrogen-bond acceptors (Lipinski definition) is 5. The zero-order valence-electron chi connectivity index (χ0n) is 8.22. The van der Waals surface area contributed by atoms with Gasteiger partial charge in [-0.25, -0.2) is 9.78 Å². The minimum absolute atomic E-state index is 0.530. The highest BCUT2D eigenvalue weighted by Crippen LogP contribution is 2.16. The van der Waals surface area contributed by atoms with Crippen LogP contribution in [0.2, 0.25) is 0 Å². The molecule has 0 aliphatic carbocycles. The Kier molecular flexibility index (Phi) is 3.07. The Hall–Kier alpha value is -1.71. The first-order chi connectivity index (χ1) is 7.40. The van der Waals surface area contributed by atoms with Gasteiger partial charge in [0.1, 0.15) is 5.82 Å². The molecule has 78 valence electrons. The van der Waals surface area contributed by atoms with Crippen molar-refractivity contribution < 1.29 is 9.53 Å². The van der Waals surface area contributed by atoms with E-state index in [1.54, 1.807) is 12.3 Å². The van der Waals surface area contributed by atoms with Crippen molar-refractivity contribution in [1.29, 1.82) is 0 Å². The third kappa shape index (κ3) is 2.40. The highest BCUT2D eigenvalue weighted by molar-refractivity contribution is 5.51. The monoisotopic (exact) mass is 205 g/mol. The van der Waals surface area contributed by atoms with Gasteiger partial charge in [0.2, 0.25) is 6.08 Å². The van der Waals surface area contributed by atoms with E-state index in [0.29, 0.717) is 5.69 Å². The predicted molar refractivity (Wildman–Crippen MR) is 55.1 cm³/mol. The number of hydrogen-bond donors (Lipinski definition) is 0. The predicted octanol–water partition coefficient (Wildman–Crippen LogP) is 0.886. The normalized spacial score (nSPS) is 15.9. The molecule has 1 fully saturated rings. The van der Waals surface area contributed by atoms with Gasteiger partial charge in [-0.1, -0.05) is 0 Å². The van der Waals surface area contributed by atoms with E-state index in [2.05, 4.69) is 14.9 Å². The van der Waals surface area contributed by atoms with Gasteiger partial charge in [0.25, 0.3) is 0 Å². The number of nitrogens with zero attached hydrogens (tertiary/aromatic N) is 3. The Labute approximate surface area is 87.4 Å². The van der Waals surface area contributed by atoms with Gasteiger partial charge in [-0.05, 0) is 12.1 Å². The van der Waals surface area contributed by atoms with Crippen molar-refractivity contribution >= 4 is 17.6 Å². The average molecular weight is 205 g/mol. The van der Waals surface area contributed by atoms with E-state index >= 15 is 0 Å². The lowest BCUT2D eigenvalue weighted by Crippen LogP contribution is -2.36. The fourth-order valence-corrected chi connectivity index (χ4v) is 1.48. The van der Waals surface area contributed by atoms with E-state index in [4.69, 9.17) is 4.74 Å². The lowest BCUT2D eigenvalue weighted by Gasteiger charge is -2.27. The number of aliphatic imine (C=N–C) groups is 1. The maximum atomic E-state index is 10.0. The SMILES string of the molecule is O=C=Nc1ccc(N2CCOCC2)nc1. The molecule has 0 unspecified atom stereocenters. The van der Waals surface area contributed by atoms with Gasteiger partial charge in [-0.15, -0.1) is 0 Å². The van der Waals surface area contributed by atoms with Crippen molar-refractivity contribution in [2.45, 2.75) is 0 Å². The van der Waals surface area contributed by atoms with Crippen molar-refractivity contribution in [2.75, 3.05) is 31.2 Å². The minimum atomic E-state index is 0.530. The molecule has 0 N–H and O–H groups in total. The molecule has 15 heavy (non-hydrogen) atoms. The number of anilines is 1.